The van der Waals surface area contributed by atoms with E-state index < -0.39 is 11.5 Å². The van der Waals surface area contributed by atoms with Gasteiger partial charge in [-0.25, -0.2) is 4.68 Å². The first-order valence-electron chi connectivity index (χ1n) is 8.98. The van der Waals surface area contributed by atoms with E-state index in [-0.39, 0.29) is 17.4 Å². The largest absolute Gasteiger partial charge is 0.491 e. The fourth-order valence-electron chi connectivity index (χ4n) is 2.99. The van der Waals surface area contributed by atoms with Gasteiger partial charge in [0.2, 0.25) is 11.7 Å². The monoisotopic (exact) mass is 393 g/mol. The Bertz CT molecular complexity index is 1170. The van der Waals surface area contributed by atoms with Crippen LogP contribution in [0.3, 0.4) is 0 Å². The third kappa shape index (κ3) is 3.46. The Balaban J connectivity index is 1.76. The van der Waals surface area contributed by atoms with E-state index in [1.54, 1.807) is 35.9 Å². The van der Waals surface area contributed by atoms with Gasteiger partial charge in [0.1, 0.15) is 11.4 Å². The van der Waals surface area contributed by atoms with Crippen LogP contribution in [-0.4, -0.2) is 37.5 Å². The third-order valence-electron chi connectivity index (χ3n) is 4.58. The van der Waals surface area contributed by atoms with Crippen molar-refractivity contribution in [1.82, 2.24) is 19.9 Å². The van der Waals surface area contributed by atoms with Crippen molar-refractivity contribution in [1.29, 1.82) is 0 Å². The van der Waals surface area contributed by atoms with Gasteiger partial charge in [-0.3, -0.25) is 4.79 Å². The van der Waals surface area contributed by atoms with Gasteiger partial charge < -0.3 is 20.1 Å². The number of nitrogens with zero attached hydrogens (tertiary/aromatic N) is 4. The molecule has 9 heteroatoms. The smallest absolute Gasteiger partial charge is 0.269 e. The minimum atomic E-state index is -1.58. The van der Waals surface area contributed by atoms with Crippen molar-refractivity contribution in [3.05, 3.63) is 52.9 Å². The molecule has 148 valence electrons. The van der Waals surface area contributed by atoms with E-state index in [1.165, 1.54) is 6.92 Å². The van der Waals surface area contributed by atoms with Gasteiger partial charge in [0.05, 0.1) is 12.3 Å². The van der Waals surface area contributed by atoms with Gasteiger partial charge in [-0.2, -0.15) is 10.1 Å². The molecule has 1 aliphatic heterocycles. The average Bonchev–Trinajstić information content (AvgIpc) is 3.29. The zero-order valence-electron chi connectivity index (χ0n) is 16.1. The van der Waals surface area contributed by atoms with Crippen LogP contribution in [-0.2, 0) is 5.60 Å². The Morgan fingerprint density at radius 1 is 1.41 bits per heavy atom. The first-order chi connectivity index (χ1) is 13.7. The van der Waals surface area contributed by atoms with Crippen molar-refractivity contribution in [3.8, 4) is 23.3 Å². The second-order valence-corrected chi connectivity index (χ2v) is 7.08. The summed E-state index contributed by atoms with van der Waals surface area (Å²) in [4.78, 5) is 15.6. The van der Waals surface area contributed by atoms with Crippen molar-refractivity contribution in [2.75, 3.05) is 6.61 Å². The Labute approximate surface area is 166 Å². The maximum Gasteiger partial charge on any atom is 0.269 e. The fourth-order valence-corrected chi connectivity index (χ4v) is 2.99. The summed E-state index contributed by atoms with van der Waals surface area (Å²) in [7, 11) is 0. The molecule has 0 saturated heterocycles. The van der Waals surface area contributed by atoms with E-state index in [4.69, 9.17) is 15.0 Å². The number of primary amides is 1. The van der Waals surface area contributed by atoms with Gasteiger partial charge in [-0.05, 0) is 31.2 Å². The van der Waals surface area contributed by atoms with Gasteiger partial charge in [0.15, 0.2) is 11.3 Å². The Morgan fingerprint density at radius 2 is 2.21 bits per heavy atom. The predicted molar refractivity (Wildman–Crippen MR) is 101 cm³/mol. The average molecular weight is 393 g/mol. The highest BCUT2D eigenvalue weighted by molar-refractivity contribution is 5.91. The van der Waals surface area contributed by atoms with E-state index >= 15 is 0 Å². The molecule has 0 unspecified atom stereocenters. The van der Waals surface area contributed by atoms with Crippen LogP contribution in [0.5, 0.6) is 5.75 Å². The molecule has 0 fully saturated rings. The molecule has 2 aromatic heterocycles. The normalized spacial score (nSPS) is 17.0. The third-order valence-corrected chi connectivity index (χ3v) is 4.58. The van der Waals surface area contributed by atoms with Crippen LogP contribution in [0.25, 0.3) is 5.69 Å². The molecule has 3 N–H and O–H groups in total. The van der Waals surface area contributed by atoms with Crippen LogP contribution < -0.4 is 10.5 Å². The number of carbonyl (C=O) groups excluding carboxylic acids is 1. The summed E-state index contributed by atoms with van der Waals surface area (Å²) in [6.07, 6.45) is 0. The van der Waals surface area contributed by atoms with Crippen LogP contribution in [0, 0.1) is 18.8 Å². The summed E-state index contributed by atoms with van der Waals surface area (Å²) < 4.78 is 12.4. The molecule has 4 rings (SSSR count). The van der Waals surface area contributed by atoms with Crippen LogP contribution in [0.15, 0.2) is 28.8 Å². The lowest BCUT2D eigenvalue weighted by Gasteiger charge is -2.11. The number of aryl methyl sites for hydroxylation is 1. The number of nitrogens with two attached hydrogens (primary N) is 1. The Morgan fingerprint density at radius 3 is 2.90 bits per heavy atom. The number of hydrogen-bond acceptors (Lipinski definition) is 7. The van der Waals surface area contributed by atoms with Crippen molar-refractivity contribution < 1.29 is 19.2 Å². The number of fused-ring (bicyclic) bond motifs is 3. The summed E-state index contributed by atoms with van der Waals surface area (Å²) in [6.45, 7) is 5.54. The molecule has 2 atom stereocenters. The molecule has 0 aliphatic carbocycles. The Kier molecular flexibility index (Phi) is 4.36. The van der Waals surface area contributed by atoms with Gasteiger partial charge in [0.25, 0.3) is 5.91 Å². The first-order valence-corrected chi connectivity index (χ1v) is 8.98. The second kappa shape index (κ2) is 6.76. The summed E-state index contributed by atoms with van der Waals surface area (Å²) in [5, 5.41) is 18.6. The van der Waals surface area contributed by atoms with E-state index in [9.17, 15) is 9.90 Å². The quantitative estimate of drug-likeness (QED) is 0.630. The van der Waals surface area contributed by atoms with Crippen molar-refractivity contribution in [3.63, 3.8) is 0 Å². The first kappa shape index (κ1) is 18.7. The van der Waals surface area contributed by atoms with Crippen molar-refractivity contribution in [2.45, 2.75) is 32.3 Å². The van der Waals surface area contributed by atoms with Crippen molar-refractivity contribution in [2.24, 2.45) is 5.73 Å². The van der Waals surface area contributed by atoms with Crippen LogP contribution in [0.1, 0.15) is 53.2 Å². The molecule has 1 aliphatic rings. The van der Waals surface area contributed by atoms with Gasteiger partial charge >= 0.3 is 0 Å². The van der Waals surface area contributed by atoms with Gasteiger partial charge in [0, 0.05) is 18.4 Å². The summed E-state index contributed by atoms with van der Waals surface area (Å²) >= 11 is 0. The number of ether oxygens (including phenoxy) is 1. The van der Waals surface area contributed by atoms with Gasteiger partial charge in [-0.15, -0.1) is 0 Å². The highest BCUT2D eigenvalue weighted by atomic mass is 16.5. The Hall–Kier alpha value is -3.64. The topological polar surface area (TPSA) is 129 Å². The molecular formula is C20H19N5O4. The van der Waals surface area contributed by atoms with E-state index in [1.807, 2.05) is 6.92 Å². The SMILES string of the molecule is Cc1nc([C@](C)(O)C#Cc2ccc3c(c2)-n2nc(C(N)=O)cc2[C@H](C)CO3)no1. The maximum absolute atomic E-state index is 11.6. The summed E-state index contributed by atoms with van der Waals surface area (Å²) in [5.74, 6) is 6.15. The number of aromatic nitrogens is 4. The maximum atomic E-state index is 11.6. The minimum absolute atomic E-state index is 0.0137. The molecule has 9 nitrogen and oxygen atoms in total. The standard InChI is InChI=1S/C20H19N5O4/c1-11-10-28-17-5-4-13(6-7-20(3,27)19-22-12(2)29-24-19)8-16(17)25-15(11)9-14(23-25)18(21)26/h4-5,8-9,11,27H,10H2,1-3H3,(H2,21,26)/t11-,20-/m1/s1. The van der Waals surface area contributed by atoms with Crippen LogP contribution in [0.2, 0.25) is 0 Å². The van der Waals surface area contributed by atoms with Crippen LogP contribution >= 0.6 is 0 Å². The zero-order chi connectivity index (χ0) is 20.8. The van der Waals surface area contributed by atoms with E-state index in [2.05, 4.69) is 27.1 Å². The molecule has 29 heavy (non-hydrogen) atoms. The highest BCUT2D eigenvalue weighted by Gasteiger charge is 2.27. The molecule has 0 radical (unpaired) electrons. The lowest BCUT2D eigenvalue weighted by molar-refractivity contribution is 0.0994. The van der Waals surface area contributed by atoms with E-state index in [0.717, 1.165) is 5.69 Å². The molecule has 3 aromatic rings. The number of aliphatic hydroxyl groups is 1. The number of benzene rings is 1. The molecule has 0 spiro atoms. The minimum Gasteiger partial charge on any atom is -0.491 e. The number of hydrogen-bond donors (Lipinski definition) is 2. The molecule has 0 bridgehead atoms. The molecular weight excluding hydrogens is 374 g/mol. The molecule has 1 aromatic carbocycles. The molecule has 0 saturated carbocycles. The van der Waals surface area contributed by atoms with Crippen LogP contribution in [0.4, 0.5) is 0 Å². The van der Waals surface area contributed by atoms with E-state index in [0.29, 0.717) is 29.5 Å². The number of carbonyl (C=O) groups is 1. The second-order valence-electron chi connectivity index (χ2n) is 7.08. The molecule has 1 amide bonds. The highest BCUT2D eigenvalue weighted by Crippen LogP contribution is 2.32. The van der Waals surface area contributed by atoms with Crippen molar-refractivity contribution >= 4 is 5.91 Å². The summed E-state index contributed by atoms with van der Waals surface area (Å²) in [6, 6.07) is 7.00. The van der Waals surface area contributed by atoms with Gasteiger partial charge in [-0.1, -0.05) is 23.9 Å². The predicted octanol–water partition coefficient (Wildman–Crippen LogP) is 1.42. The fraction of sp³-hybridized carbons (Fsp3) is 0.300. The lowest BCUT2D eigenvalue weighted by Crippen LogP contribution is -2.20. The number of rotatable bonds is 2. The number of amides is 1. The zero-order valence-corrected chi connectivity index (χ0v) is 16.1. The lowest BCUT2D eigenvalue weighted by atomic mass is 10.1. The molecule has 3 heterocycles. The summed E-state index contributed by atoms with van der Waals surface area (Å²) in [5.41, 5.74) is 6.08.